The Morgan fingerprint density at radius 3 is 2.57 bits per heavy atom. The Bertz CT molecular complexity index is 1130. The maximum atomic E-state index is 13.7. The molecule has 5 nitrogen and oxygen atoms in total. The minimum absolute atomic E-state index is 0.158. The van der Waals surface area contributed by atoms with Gasteiger partial charge in [0.15, 0.2) is 0 Å². The highest BCUT2D eigenvalue weighted by Gasteiger charge is 2.12. The van der Waals surface area contributed by atoms with E-state index in [1.54, 1.807) is 48.1 Å². The molecule has 0 spiro atoms. The Labute approximate surface area is 177 Å². The topological polar surface area (TPSA) is 64.1 Å². The average Bonchev–Trinajstić information content (AvgIpc) is 3.28. The number of halogens is 1. The lowest BCUT2D eigenvalue weighted by molar-refractivity contribution is 0.0946. The molecule has 30 heavy (non-hydrogen) atoms. The van der Waals surface area contributed by atoms with Crippen LogP contribution in [0.5, 0.6) is 5.75 Å². The molecule has 0 bridgehead atoms. The van der Waals surface area contributed by atoms with Crippen molar-refractivity contribution >= 4 is 17.2 Å². The lowest BCUT2D eigenvalue weighted by atomic mass is 10.2. The summed E-state index contributed by atoms with van der Waals surface area (Å²) in [5.74, 6) is 0.125. The second kappa shape index (κ2) is 9.28. The van der Waals surface area contributed by atoms with Crippen molar-refractivity contribution < 1.29 is 13.9 Å². The molecule has 4 rings (SSSR count). The summed E-state index contributed by atoms with van der Waals surface area (Å²) in [6.45, 7) is 0.577. The van der Waals surface area contributed by atoms with Crippen molar-refractivity contribution in [1.29, 1.82) is 0 Å². The third kappa shape index (κ3) is 4.87. The minimum atomic E-state index is -0.286. The predicted octanol–water partition coefficient (Wildman–Crippen LogP) is 4.85. The molecule has 2 aromatic carbocycles. The molecule has 150 valence electrons. The number of ether oxygens (including phenoxy) is 1. The van der Waals surface area contributed by atoms with E-state index < -0.39 is 0 Å². The summed E-state index contributed by atoms with van der Waals surface area (Å²) in [6, 6.07) is 17.6. The van der Waals surface area contributed by atoms with Gasteiger partial charge in [-0.3, -0.25) is 9.78 Å². The number of hydrogen-bond donors (Lipinski definition) is 1. The first kappa shape index (κ1) is 19.7. The molecule has 0 atom stereocenters. The summed E-state index contributed by atoms with van der Waals surface area (Å²) in [6.07, 6.45) is 3.37. The van der Waals surface area contributed by atoms with Gasteiger partial charge in [0, 0.05) is 35.4 Å². The normalized spacial score (nSPS) is 10.6. The lowest BCUT2D eigenvalue weighted by Gasteiger charge is -2.07. The van der Waals surface area contributed by atoms with Crippen molar-refractivity contribution in [2.45, 2.75) is 13.2 Å². The molecule has 7 heteroatoms. The number of amides is 1. The van der Waals surface area contributed by atoms with Crippen LogP contribution in [-0.4, -0.2) is 15.9 Å². The number of benzene rings is 2. The van der Waals surface area contributed by atoms with Gasteiger partial charge in [-0.15, -0.1) is 11.3 Å². The van der Waals surface area contributed by atoms with E-state index in [4.69, 9.17) is 4.74 Å². The summed E-state index contributed by atoms with van der Waals surface area (Å²) in [7, 11) is 0. The molecule has 0 saturated heterocycles. The maximum Gasteiger partial charge on any atom is 0.271 e. The zero-order valence-corrected chi connectivity index (χ0v) is 16.7. The van der Waals surface area contributed by atoms with E-state index >= 15 is 0 Å². The SMILES string of the molecule is O=C(NCc1ccncc1)c1csc(-c2ccc(OCc3ccccc3F)cc2)n1. The summed E-state index contributed by atoms with van der Waals surface area (Å²) in [5.41, 5.74) is 2.74. The Hall–Kier alpha value is -3.58. The van der Waals surface area contributed by atoms with E-state index in [9.17, 15) is 9.18 Å². The van der Waals surface area contributed by atoms with E-state index in [1.807, 2.05) is 24.3 Å². The zero-order valence-electron chi connectivity index (χ0n) is 15.9. The van der Waals surface area contributed by atoms with Gasteiger partial charge in [0.25, 0.3) is 5.91 Å². The van der Waals surface area contributed by atoms with Crippen molar-refractivity contribution in [2.24, 2.45) is 0 Å². The first-order valence-electron chi connectivity index (χ1n) is 9.28. The molecule has 0 unspecified atom stereocenters. The highest BCUT2D eigenvalue weighted by atomic mass is 32.1. The standard InChI is InChI=1S/C23H18FN3O2S/c24-20-4-2-1-3-18(20)14-29-19-7-5-17(6-8-19)23-27-21(15-30-23)22(28)26-13-16-9-11-25-12-10-16/h1-12,15H,13-14H2,(H,26,28). The van der Waals surface area contributed by atoms with Crippen LogP contribution in [-0.2, 0) is 13.2 Å². The predicted molar refractivity (Wildman–Crippen MR) is 114 cm³/mol. The quantitative estimate of drug-likeness (QED) is 0.465. The monoisotopic (exact) mass is 419 g/mol. The number of nitrogens with zero attached hydrogens (tertiary/aromatic N) is 2. The molecule has 2 aromatic heterocycles. The molecule has 0 aliphatic carbocycles. The number of thiazole rings is 1. The van der Waals surface area contributed by atoms with Gasteiger partial charge in [0.1, 0.15) is 28.9 Å². The number of carbonyl (C=O) groups is 1. The highest BCUT2D eigenvalue weighted by Crippen LogP contribution is 2.26. The third-order valence-electron chi connectivity index (χ3n) is 4.39. The van der Waals surface area contributed by atoms with Crippen molar-refractivity contribution in [3.63, 3.8) is 0 Å². The molecule has 1 amide bonds. The molecular formula is C23H18FN3O2S. The fraction of sp³-hybridized carbons (Fsp3) is 0.0870. The molecule has 0 aliphatic heterocycles. The van der Waals surface area contributed by atoms with Crippen LogP contribution in [0, 0.1) is 5.82 Å². The molecule has 4 aromatic rings. The van der Waals surface area contributed by atoms with Crippen molar-refractivity contribution in [3.8, 4) is 16.3 Å². The van der Waals surface area contributed by atoms with Gasteiger partial charge in [0.2, 0.25) is 0 Å². The van der Waals surface area contributed by atoms with Gasteiger partial charge in [-0.25, -0.2) is 9.37 Å². The van der Waals surface area contributed by atoms with Crippen LogP contribution >= 0.6 is 11.3 Å². The molecule has 0 saturated carbocycles. The Morgan fingerprint density at radius 1 is 1.03 bits per heavy atom. The van der Waals surface area contributed by atoms with Crippen LogP contribution in [0.25, 0.3) is 10.6 Å². The molecule has 0 aliphatic rings. The van der Waals surface area contributed by atoms with Gasteiger partial charge >= 0.3 is 0 Å². The van der Waals surface area contributed by atoms with E-state index in [1.165, 1.54) is 17.4 Å². The zero-order chi connectivity index (χ0) is 20.8. The molecule has 0 radical (unpaired) electrons. The van der Waals surface area contributed by atoms with Gasteiger partial charge in [-0.2, -0.15) is 0 Å². The summed E-state index contributed by atoms with van der Waals surface area (Å²) >= 11 is 1.40. The van der Waals surface area contributed by atoms with Crippen LogP contribution in [0.3, 0.4) is 0 Å². The first-order chi connectivity index (χ1) is 14.7. The van der Waals surface area contributed by atoms with Crippen molar-refractivity contribution in [3.05, 3.63) is 101 Å². The van der Waals surface area contributed by atoms with E-state index in [-0.39, 0.29) is 18.3 Å². The second-order valence-corrected chi connectivity index (χ2v) is 7.34. The number of aromatic nitrogens is 2. The summed E-state index contributed by atoms with van der Waals surface area (Å²) < 4.78 is 19.3. The summed E-state index contributed by atoms with van der Waals surface area (Å²) in [5, 5.41) is 5.33. The van der Waals surface area contributed by atoms with Crippen LogP contribution in [0.2, 0.25) is 0 Å². The number of rotatable bonds is 7. The van der Waals surface area contributed by atoms with Crippen LogP contribution in [0.4, 0.5) is 4.39 Å². The molecule has 1 N–H and O–H groups in total. The Kier molecular flexibility index (Phi) is 6.10. The largest absolute Gasteiger partial charge is 0.489 e. The smallest absolute Gasteiger partial charge is 0.271 e. The second-order valence-electron chi connectivity index (χ2n) is 6.48. The van der Waals surface area contributed by atoms with Crippen molar-refractivity contribution in [1.82, 2.24) is 15.3 Å². The van der Waals surface area contributed by atoms with Gasteiger partial charge in [-0.1, -0.05) is 18.2 Å². The lowest BCUT2D eigenvalue weighted by Crippen LogP contribution is -2.23. The Morgan fingerprint density at radius 2 is 1.80 bits per heavy atom. The molecule has 0 fully saturated rings. The van der Waals surface area contributed by atoms with Crippen molar-refractivity contribution in [2.75, 3.05) is 0 Å². The number of carbonyl (C=O) groups excluding carboxylic acids is 1. The minimum Gasteiger partial charge on any atom is -0.489 e. The van der Waals surface area contributed by atoms with Crippen LogP contribution < -0.4 is 10.1 Å². The maximum absolute atomic E-state index is 13.7. The van der Waals surface area contributed by atoms with Gasteiger partial charge < -0.3 is 10.1 Å². The van der Waals surface area contributed by atoms with Crippen LogP contribution in [0.15, 0.2) is 78.4 Å². The van der Waals surface area contributed by atoms with Gasteiger partial charge in [-0.05, 0) is 48.0 Å². The van der Waals surface area contributed by atoms with E-state index in [2.05, 4.69) is 15.3 Å². The molecular weight excluding hydrogens is 401 g/mol. The van der Waals surface area contributed by atoms with E-state index in [0.29, 0.717) is 23.6 Å². The number of nitrogens with one attached hydrogen (secondary N) is 1. The third-order valence-corrected chi connectivity index (χ3v) is 5.28. The number of hydrogen-bond acceptors (Lipinski definition) is 5. The average molecular weight is 419 g/mol. The van der Waals surface area contributed by atoms with Gasteiger partial charge in [0.05, 0.1) is 0 Å². The highest BCUT2D eigenvalue weighted by molar-refractivity contribution is 7.13. The Balaban J connectivity index is 1.36. The fourth-order valence-corrected chi connectivity index (χ4v) is 3.56. The van der Waals surface area contributed by atoms with Crippen LogP contribution in [0.1, 0.15) is 21.6 Å². The fourth-order valence-electron chi connectivity index (χ4n) is 2.75. The summed E-state index contributed by atoms with van der Waals surface area (Å²) in [4.78, 5) is 20.7. The van der Waals surface area contributed by atoms with E-state index in [0.717, 1.165) is 16.1 Å². The molecule has 2 heterocycles. The first-order valence-corrected chi connectivity index (χ1v) is 10.2. The number of pyridine rings is 1.